The van der Waals surface area contributed by atoms with Gasteiger partial charge in [0.15, 0.2) is 0 Å². The summed E-state index contributed by atoms with van der Waals surface area (Å²) in [7, 11) is 0. The van der Waals surface area contributed by atoms with Crippen LogP contribution in [0, 0.1) is 0 Å². The molecule has 1 aromatic rings. The van der Waals surface area contributed by atoms with Gasteiger partial charge >= 0.3 is 0 Å². The van der Waals surface area contributed by atoms with Crippen LogP contribution in [0.15, 0.2) is 30.3 Å². The second-order valence-electron chi connectivity index (χ2n) is 7.56. The van der Waals surface area contributed by atoms with Crippen LogP contribution in [0.2, 0.25) is 0 Å². The molecule has 134 valence electrons. The summed E-state index contributed by atoms with van der Waals surface area (Å²) >= 11 is 0. The highest BCUT2D eigenvalue weighted by Gasteiger charge is 2.30. The maximum atomic E-state index is 10.6. The van der Waals surface area contributed by atoms with Gasteiger partial charge in [-0.2, -0.15) is 0 Å². The van der Waals surface area contributed by atoms with Gasteiger partial charge in [-0.05, 0) is 37.8 Å². The van der Waals surface area contributed by atoms with Crippen molar-refractivity contribution in [3.05, 3.63) is 30.3 Å². The fourth-order valence-corrected chi connectivity index (χ4v) is 4.43. The minimum Gasteiger partial charge on any atom is -0.491 e. The van der Waals surface area contributed by atoms with E-state index in [-0.39, 0.29) is 0 Å². The molecule has 24 heavy (non-hydrogen) atoms. The molecule has 2 aliphatic carbocycles. The fourth-order valence-electron chi connectivity index (χ4n) is 4.43. The lowest BCUT2D eigenvalue weighted by atomic mass is 9.88. The molecule has 0 heterocycles. The zero-order valence-corrected chi connectivity index (χ0v) is 14.9. The summed E-state index contributed by atoms with van der Waals surface area (Å²) in [4.78, 5) is 2.65. The number of ether oxygens (including phenoxy) is 1. The van der Waals surface area contributed by atoms with Crippen LogP contribution < -0.4 is 4.74 Å². The van der Waals surface area contributed by atoms with Gasteiger partial charge in [0.1, 0.15) is 18.5 Å². The van der Waals surface area contributed by atoms with Gasteiger partial charge in [0.05, 0.1) is 0 Å². The van der Waals surface area contributed by atoms with Crippen LogP contribution in [0.4, 0.5) is 0 Å². The molecule has 3 rings (SSSR count). The lowest BCUT2D eigenvalue weighted by Crippen LogP contribution is -2.49. The quantitative estimate of drug-likeness (QED) is 0.804. The zero-order chi connectivity index (χ0) is 16.6. The molecule has 0 amide bonds. The SMILES string of the molecule is OC(COc1ccccc1)CN(C1CCCCC1)C1CCCCC1. The molecule has 3 nitrogen and oxygen atoms in total. The number of aliphatic hydroxyl groups excluding tert-OH is 1. The van der Waals surface area contributed by atoms with Crippen molar-refractivity contribution in [2.24, 2.45) is 0 Å². The monoisotopic (exact) mass is 331 g/mol. The molecule has 2 saturated carbocycles. The number of rotatable bonds is 7. The summed E-state index contributed by atoms with van der Waals surface area (Å²) in [6.07, 6.45) is 13.0. The Hall–Kier alpha value is -1.06. The van der Waals surface area contributed by atoms with E-state index in [2.05, 4.69) is 4.90 Å². The maximum absolute atomic E-state index is 10.6. The minimum atomic E-state index is -0.408. The molecule has 2 aliphatic rings. The first-order valence-electron chi connectivity index (χ1n) is 9.94. The summed E-state index contributed by atoms with van der Waals surface area (Å²) in [5.41, 5.74) is 0. The smallest absolute Gasteiger partial charge is 0.119 e. The van der Waals surface area contributed by atoms with Gasteiger partial charge in [-0.15, -0.1) is 0 Å². The lowest BCUT2D eigenvalue weighted by molar-refractivity contribution is 0.0117. The third-order valence-electron chi connectivity index (χ3n) is 5.69. The minimum absolute atomic E-state index is 0.389. The normalized spacial score (nSPS) is 21.8. The van der Waals surface area contributed by atoms with E-state index in [1.165, 1.54) is 64.2 Å². The van der Waals surface area contributed by atoms with Crippen molar-refractivity contribution in [1.82, 2.24) is 4.90 Å². The van der Waals surface area contributed by atoms with Crippen LogP contribution in [0.1, 0.15) is 64.2 Å². The number of aliphatic hydroxyl groups is 1. The highest BCUT2D eigenvalue weighted by molar-refractivity contribution is 5.20. The maximum Gasteiger partial charge on any atom is 0.119 e. The predicted octanol–water partition coefficient (Wildman–Crippen LogP) is 4.39. The third-order valence-corrected chi connectivity index (χ3v) is 5.69. The van der Waals surface area contributed by atoms with Crippen LogP contribution in [-0.2, 0) is 0 Å². The molecule has 2 fully saturated rings. The van der Waals surface area contributed by atoms with Crippen LogP contribution >= 0.6 is 0 Å². The van der Waals surface area contributed by atoms with Crippen LogP contribution in [0.25, 0.3) is 0 Å². The molecule has 1 unspecified atom stereocenters. The largest absolute Gasteiger partial charge is 0.491 e. The van der Waals surface area contributed by atoms with E-state index >= 15 is 0 Å². The molecule has 0 bridgehead atoms. The first-order chi connectivity index (χ1) is 11.8. The Morgan fingerprint density at radius 2 is 1.42 bits per heavy atom. The Morgan fingerprint density at radius 3 is 1.96 bits per heavy atom. The van der Waals surface area contributed by atoms with Crippen molar-refractivity contribution in [3.8, 4) is 5.75 Å². The summed E-state index contributed by atoms with van der Waals surface area (Å²) in [6, 6.07) is 11.2. The summed E-state index contributed by atoms with van der Waals surface area (Å²) in [6.45, 7) is 1.15. The van der Waals surface area contributed by atoms with Gasteiger partial charge < -0.3 is 9.84 Å². The number of para-hydroxylation sites is 1. The number of nitrogens with zero attached hydrogens (tertiary/aromatic N) is 1. The highest BCUT2D eigenvalue weighted by Crippen LogP contribution is 2.30. The van der Waals surface area contributed by atoms with E-state index in [4.69, 9.17) is 4.74 Å². The summed E-state index contributed by atoms with van der Waals surface area (Å²) < 4.78 is 5.77. The van der Waals surface area contributed by atoms with Crippen molar-refractivity contribution in [3.63, 3.8) is 0 Å². The summed E-state index contributed by atoms with van der Waals surface area (Å²) in [5, 5.41) is 10.6. The van der Waals surface area contributed by atoms with E-state index in [1.54, 1.807) is 0 Å². The molecule has 0 radical (unpaired) electrons. The molecule has 0 saturated heterocycles. The van der Waals surface area contributed by atoms with Crippen molar-refractivity contribution < 1.29 is 9.84 Å². The van der Waals surface area contributed by atoms with Crippen molar-refractivity contribution in [1.29, 1.82) is 0 Å². The first-order valence-corrected chi connectivity index (χ1v) is 9.94. The van der Waals surface area contributed by atoms with E-state index in [9.17, 15) is 5.11 Å². The van der Waals surface area contributed by atoms with Gasteiger partial charge in [0, 0.05) is 18.6 Å². The van der Waals surface area contributed by atoms with E-state index in [0.29, 0.717) is 18.7 Å². The van der Waals surface area contributed by atoms with E-state index in [0.717, 1.165) is 12.3 Å². The molecule has 0 aliphatic heterocycles. The second kappa shape index (κ2) is 9.43. The van der Waals surface area contributed by atoms with Gasteiger partial charge in [0.25, 0.3) is 0 Å². The Kier molecular flexibility index (Phi) is 6.98. The lowest BCUT2D eigenvalue weighted by Gasteiger charge is -2.42. The van der Waals surface area contributed by atoms with E-state index < -0.39 is 6.10 Å². The van der Waals surface area contributed by atoms with Gasteiger partial charge in [-0.3, -0.25) is 4.90 Å². The molecule has 1 N–H and O–H groups in total. The Morgan fingerprint density at radius 1 is 0.875 bits per heavy atom. The fraction of sp³-hybridized carbons (Fsp3) is 0.714. The average Bonchev–Trinajstić information content (AvgIpc) is 2.67. The van der Waals surface area contributed by atoms with E-state index in [1.807, 2.05) is 30.3 Å². The predicted molar refractivity (Wildman–Crippen MR) is 98.4 cm³/mol. The van der Waals surface area contributed by atoms with Crippen LogP contribution in [0.3, 0.4) is 0 Å². The second-order valence-corrected chi connectivity index (χ2v) is 7.56. The molecule has 1 atom stereocenters. The topological polar surface area (TPSA) is 32.7 Å². The number of benzene rings is 1. The third kappa shape index (κ3) is 5.22. The average molecular weight is 332 g/mol. The molecular weight excluding hydrogens is 298 g/mol. The first kappa shape index (κ1) is 17.8. The summed E-state index contributed by atoms with van der Waals surface area (Å²) in [5.74, 6) is 0.846. The zero-order valence-electron chi connectivity index (χ0n) is 14.9. The van der Waals surface area contributed by atoms with Gasteiger partial charge in [-0.1, -0.05) is 56.7 Å². The standard InChI is InChI=1S/C21H33NO2/c23-20(17-24-21-14-8-3-9-15-21)16-22(18-10-4-1-5-11-18)19-12-6-2-7-13-19/h3,8-9,14-15,18-20,23H,1-2,4-7,10-13,16-17H2. The molecule has 0 spiro atoms. The van der Waals surface area contributed by atoms with Gasteiger partial charge in [-0.25, -0.2) is 0 Å². The molecule has 0 aromatic heterocycles. The Balaban J connectivity index is 1.55. The Labute approximate surface area is 147 Å². The van der Waals surface area contributed by atoms with Crippen molar-refractivity contribution >= 4 is 0 Å². The number of hydrogen-bond acceptors (Lipinski definition) is 3. The van der Waals surface area contributed by atoms with Crippen LogP contribution in [-0.4, -0.2) is 41.3 Å². The van der Waals surface area contributed by atoms with Crippen molar-refractivity contribution in [2.45, 2.75) is 82.4 Å². The van der Waals surface area contributed by atoms with Crippen molar-refractivity contribution in [2.75, 3.05) is 13.2 Å². The molecule has 3 heteroatoms. The Bertz CT molecular complexity index is 434. The van der Waals surface area contributed by atoms with Gasteiger partial charge in [0.2, 0.25) is 0 Å². The number of hydrogen-bond donors (Lipinski definition) is 1. The van der Waals surface area contributed by atoms with Crippen LogP contribution in [0.5, 0.6) is 5.75 Å². The molecule has 1 aromatic carbocycles. The highest BCUT2D eigenvalue weighted by atomic mass is 16.5. The molecular formula is C21H33NO2.